The van der Waals surface area contributed by atoms with Gasteiger partial charge in [0.2, 0.25) is 0 Å². The highest BCUT2D eigenvalue weighted by atomic mass is 35.5. The molecule has 2 heterocycles. The molecule has 138 valence electrons. The molecule has 1 aromatic carbocycles. The first-order valence-corrected chi connectivity index (χ1v) is 8.99. The summed E-state index contributed by atoms with van der Waals surface area (Å²) >= 11 is 0. The first kappa shape index (κ1) is 20.4. The Bertz CT molecular complexity index is 657. The third-order valence-corrected chi connectivity index (χ3v) is 5.16. The van der Waals surface area contributed by atoms with Gasteiger partial charge in [-0.25, -0.2) is 0 Å². The van der Waals surface area contributed by atoms with Crippen molar-refractivity contribution in [2.24, 2.45) is 5.92 Å². The van der Waals surface area contributed by atoms with E-state index in [0.717, 1.165) is 44.7 Å². The molecular weight excluding hydrogens is 346 g/mol. The van der Waals surface area contributed by atoms with Crippen LogP contribution in [0.5, 0.6) is 0 Å². The molecule has 5 heteroatoms. The Morgan fingerprint density at radius 2 is 1.85 bits per heavy atom. The molecule has 1 aliphatic heterocycles. The molecule has 2 atom stereocenters. The van der Waals surface area contributed by atoms with E-state index in [2.05, 4.69) is 53.2 Å². The number of ether oxygens (including phenoxy) is 1. The second-order valence-electron chi connectivity index (χ2n) is 6.51. The van der Waals surface area contributed by atoms with Crippen molar-refractivity contribution in [1.82, 2.24) is 9.88 Å². The lowest BCUT2D eigenvalue weighted by atomic mass is 9.74. The fourth-order valence-corrected chi connectivity index (χ4v) is 3.80. The summed E-state index contributed by atoms with van der Waals surface area (Å²) in [4.78, 5) is 6.86. The van der Waals surface area contributed by atoms with Gasteiger partial charge in [0, 0.05) is 31.4 Å². The molecule has 4 nitrogen and oxygen atoms in total. The van der Waals surface area contributed by atoms with Crippen LogP contribution in [0.1, 0.15) is 30.9 Å². The largest absolute Gasteiger partial charge is 0.379 e. The van der Waals surface area contributed by atoms with E-state index in [1.54, 1.807) is 6.20 Å². The first-order valence-electron chi connectivity index (χ1n) is 8.99. The quantitative estimate of drug-likeness (QED) is 0.769. The van der Waals surface area contributed by atoms with Gasteiger partial charge in [0.05, 0.1) is 24.8 Å². The van der Waals surface area contributed by atoms with Gasteiger partial charge in [-0.15, -0.1) is 12.4 Å². The Morgan fingerprint density at radius 1 is 1.15 bits per heavy atom. The summed E-state index contributed by atoms with van der Waals surface area (Å²) in [5, 5.41) is 9.67. The highest BCUT2D eigenvalue weighted by Crippen LogP contribution is 2.42. The highest BCUT2D eigenvalue weighted by Gasteiger charge is 2.42. The van der Waals surface area contributed by atoms with Crippen molar-refractivity contribution < 1.29 is 4.74 Å². The van der Waals surface area contributed by atoms with Crippen molar-refractivity contribution in [3.63, 3.8) is 0 Å². The summed E-state index contributed by atoms with van der Waals surface area (Å²) < 4.78 is 5.60. The zero-order chi connectivity index (χ0) is 17.5. The minimum atomic E-state index is -0.351. The summed E-state index contributed by atoms with van der Waals surface area (Å²) in [5.41, 5.74) is 2.02. The molecule has 26 heavy (non-hydrogen) atoms. The number of benzene rings is 1. The molecule has 0 N–H and O–H groups in total. The fraction of sp³-hybridized carbons (Fsp3) is 0.429. The van der Waals surface area contributed by atoms with Crippen LogP contribution in [0.15, 0.2) is 54.9 Å². The van der Waals surface area contributed by atoms with E-state index in [1.165, 1.54) is 5.56 Å². The number of morpholine rings is 1. The molecule has 0 radical (unpaired) electrons. The van der Waals surface area contributed by atoms with Crippen LogP contribution in [0.2, 0.25) is 0 Å². The van der Waals surface area contributed by atoms with E-state index < -0.39 is 0 Å². The maximum absolute atomic E-state index is 9.67. The molecule has 0 saturated carbocycles. The molecule has 1 saturated heterocycles. The second kappa shape index (κ2) is 9.68. The van der Waals surface area contributed by atoms with Crippen LogP contribution in [-0.2, 0) is 10.3 Å². The maximum Gasteiger partial charge on any atom is 0.0744 e. The first-order chi connectivity index (χ1) is 12.3. The monoisotopic (exact) mass is 371 g/mol. The van der Waals surface area contributed by atoms with E-state index in [9.17, 15) is 5.26 Å². The number of halogens is 1. The lowest BCUT2D eigenvalue weighted by Gasteiger charge is -2.47. The number of rotatable bonds is 6. The van der Waals surface area contributed by atoms with Crippen LogP contribution in [-0.4, -0.2) is 36.2 Å². The number of pyridine rings is 1. The third-order valence-electron chi connectivity index (χ3n) is 5.16. The Morgan fingerprint density at radius 3 is 2.42 bits per heavy atom. The summed E-state index contributed by atoms with van der Waals surface area (Å²) in [6.07, 6.45) is 5.36. The number of nitriles is 1. The number of nitrogens with zero attached hydrogens (tertiary/aromatic N) is 3. The fourth-order valence-electron chi connectivity index (χ4n) is 3.80. The average molecular weight is 372 g/mol. The number of hydrogen-bond donors (Lipinski definition) is 0. The SMILES string of the molecule is CCC(C#N)CC(c1ccccc1)(c1cccnc1)N1CCOCC1.Cl. The molecule has 0 bridgehead atoms. The molecular formula is C21H26ClN3O. The highest BCUT2D eigenvalue weighted by molar-refractivity contribution is 5.85. The summed E-state index contributed by atoms with van der Waals surface area (Å²) in [6.45, 7) is 5.24. The number of hydrogen-bond acceptors (Lipinski definition) is 4. The molecule has 3 rings (SSSR count). The topological polar surface area (TPSA) is 49.2 Å². The molecule has 1 aromatic heterocycles. The van der Waals surface area contributed by atoms with E-state index in [4.69, 9.17) is 4.74 Å². The lowest BCUT2D eigenvalue weighted by molar-refractivity contribution is -0.0168. The zero-order valence-corrected chi connectivity index (χ0v) is 16.0. The van der Waals surface area contributed by atoms with Crippen molar-refractivity contribution in [3.8, 4) is 6.07 Å². The predicted molar refractivity (Wildman–Crippen MR) is 105 cm³/mol. The molecule has 0 spiro atoms. The summed E-state index contributed by atoms with van der Waals surface area (Å²) in [7, 11) is 0. The molecule has 0 amide bonds. The van der Waals surface area contributed by atoms with Crippen molar-refractivity contribution in [1.29, 1.82) is 5.26 Å². The van der Waals surface area contributed by atoms with Gasteiger partial charge in [-0.05, 0) is 30.0 Å². The smallest absolute Gasteiger partial charge is 0.0744 e. The average Bonchev–Trinajstić information content (AvgIpc) is 2.71. The van der Waals surface area contributed by atoms with Crippen LogP contribution in [0.3, 0.4) is 0 Å². The van der Waals surface area contributed by atoms with Crippen LogP contribution in [0, 0.1) is 17.2 Å². The Labute approximate surface area is 162 Å². The molecule has 1 fully saturated rings. The zero-order valence-electron chi connectivity index (χ0n) is 15.2. The molecule has 2 unspecified atom stereocenters. The van der Waals surface area contributed by atoms with Gasteiger partial charge in [0.15, 0.2) is 0 Å². The standard InChI is InChI=1S/C21H25N3O.ClH/c1-2-18(16-22)15-21(19-7-4-3-5-8-19,20-9-6-10-23-17-20)24-11-13-25-14-12-24;/h3-10,17-18H,2,11-15H2,1H3;1H. The van der Waals surface area contributed by atoms with Crippen molar-refractivity contribution in [3.05, 3.63) is 66.0 Å². The Hall–Kier alpha value is -1.93. The maximum atomic E-state index is 9.67. The van der Waals surface area contributed by atoms with E-state index in [-0.39, 0.29) is 23.9 Å². The predicted octanol–water partition coefficient (Wildman–Crippen LogP) is 4.02. The van der Waals surface area contributed by atoms with E-state index in [0.29, 0.717) is 0 Å². The molecule has 2 aromatic rings. The van der Waals surface area contributed by atoms with Crippen molar-refractivity contribution in [2.45, 2.75) is 25.3 Å². The van der Waals surface area contributed by atoms with E-state index >= 15 is 0 Å². The minimum absolute atomic E-state index is 0. The van der Waals surface area contributed by atoms with Gasteiger partial charge < -0.3 is 4.74 Å². The van der Waals surface area contributed by atoms with Gasteiger partial charge >= 0.3 is 0 Å². The summed E-state index contributed by atoms with van der Waals surface area (Å²) in [5.74, 6) is -0.0109. The van der Waals surface area contributed by atoms with Crippen LogP contribution in [0.4, 0.5) is 0 Å². The van der Waals surface area contributed by atoms with Gasteiger partial charge in [-0.3, -0.25) is 9.88 Å². The van der Waals surface area contributed by atoms with Gasteiger partial charge in [-0.2, -0.15) is 5.26 Å². The normalized spacial score (nSPS) is 18.2. The van der Waals surface area contributed by atoms with E-state index in [1.807, 2.05) is 18.3 Å². The summed E-state index contributed by atoms with van der Waals surface area (Å²) in [6, 6.07) is 17.2. The minimum Gasteiger partial charge on any atom is -0.379 e. The molecule has 1 aliphatic rings. The lowest BCUT2D eigenvalue weighted by Crippen LogP contribution is -2.53. The van der Waals surface area contributed by atoms with Crippen LogP contribution >= 0.6 is 12.4 Å². The Balaban J connectivity index is 0.00000243. The van der Waals surface area contributed by atoms with Crippen molar-refractivity contribution >= 4 is 12.4 Å². The van der Waals surface area contributed by atoms with Gasteiger partial charge in [0.25, 0.3) is 0 Å². The third kappa shape index (κ3) is 4.07. The molecule has 0 aliphatic carbocycles. The second-order valence-corrected chi connectivity index (χ2v) is 6.51. The van der Waals surface area contributed by atoms with Crippen LogP contribution < -0.4 is 0 Å². The van der Waals surface area contributed by atoms with Crippen molar-refractivity contribution in [2.75, 3.05) is 26.3 Å². The van der Waals surface area contributed by atoms with Gasteiger partial charge in [-0.1, -0.05) is 43.3 Å². The van der Waals surface area contributed by atoms with Gasteiger partial charge in [0.1, 0.15) is 0 Å². The number of aromatic nitrogens is 1. The van der Waals surface area contributed by atoms with Crippen LogP contribution in [0.25, 0.3) is 0 Å². The Kier molecular flexibility index (Phi) is 7.59.